The zero-order valence-corrected chi connectivity index (χ0v) is 10.8. The second-order valence-electron chi connectivity index (χ2n) is 3.72. The summed E-state index contributed by atoms with van der Waals surface area (Å²) < 4.78 is 0. The highest BCUT2D eigenvalue weighted by Gasteiger charge is 2.11. The van der Waals surface area contributed by atoms with Crippen LogP contribution in [-0.2, 0) is 0 Å². The molecule has 0 fully saturated rings. The SMILES string of the molecule is CN=CCP(c1ccccc1)c1ccccc1. The van der Waals surface area contributed by atoms with E-state index >= 15 is 0 Å². The van der Waals surface area contributed by atoms with E-state index in [2.05, 4.69) is 65.7 Å². The quantitative estimate of drug-likeness (QED) is 0.576. The predicted molar refractivity (Wildman–Crippen MR) is 78.4 cm³/mol. The summed E-state index contributed by atoms with van der Waals surface area (Å²) in [5.41, 5.74) is 0. The van der Waals surface area contributed by atoms with E-state index in [1.165, 1.54) is 10.6 Å². The van der Waals surface area contributed by atoms with Gasteiger partial charge in [-0.2, -0.15) is 0 Å². The molecule has 0 saturated carbocycles. The Morgan fingerprint density at radius 2 is 1.35 bits per heavy atom. The number of benzene rings is 2. The van der Waals surface area contributed by atoms with Crippen molar-refractivity contribution < 1.29 is 0 Å². The van der Waals surface area contributed by atoms with E-state index < -0.39 is 0 Å². The van der Waals surface area contributed by atoms with Gasteiger partial charge in [0.25, 0.3) is 0 Å². The average Bonchev–Trinajstić information content (AvgIpc) is 2.42. The summed E-state index contributed by atoms with van der Waals surface area (Å²) in [7, 11) is 1.53. The van der Waals surface area contributed by atoms with E-state index in [-0.39, 0.29) is 7.92 Å². The van der Waals surface area contributed by atoms with Crippen LogP contribution < -0.4 is 10.6 Å². The molecule has 1 nitrogen and oxygen atoms in total. The molecule has 0 bridgehead atoms. The molecule has 0 atom stereocenters. The molecular formula is C15H16NP. The summed E-state index contributed by atoms with van der Waals surface area (Å²) in [5, 5.41) is 2.82. The van der Waals surface area contributed by atoms with Crippen molar-refractivity contribution in [2.24, 2.45) is 4.99 Å². The fourth-order valence-electron chi connectivity index (χ4n) is 1.74. The van der Waals surface area contributed by atoms with Gasteiger partial charge in [-0.15, -0.1) is 0 Å². The zero-order chi connectivity index (χ0) is 11.9. The minimum atomic E-state index is -0.306. The average molecular weight is 241 g/mol. The Labute approximate surface area is 104 Å². The lowest BCUT2D eigenvalue weighted by atomic mass is 10.4. The van der Waals surface area contributed by atoms with Crippen LogP contribution in [0.5, 0.6) is 0 Å². The summed E-state index contributed by atoms with van der Waals surface area (Å²) in [4.78, 5) is 4.12. The molecule has 0 amide bonds. The third kappa shape index (κ3) is 3.25. The molecule has 0 aliphatic heterocycles. The van der Waals surface area contributed by atoms with Crippen LogP contribution in [0.25, 0.3) is 0 Å². The lowest BCUT2D eigenvalue weighted by molar-refractivity contribution is 1.46. The van der Waals surface area contributed by atoms with Crippen LogP contribution in [0.4, 0.5) is 0 Å². The molecular weight excluding hydrogens is 225 g/mol. The molecule has 2 aromatic rings. The number of rotatable bonds is 4. The van der Waals surface area contributed by atoms with Crippen molar-refractivity contribution in [3.05, 3.63) is 60.7 Å². The van der Waals surface area contributed by atoms with E-state index in [1.54, 1.807) is 0 Å². The molecule has 0 radical (unpaired) electrons. The van der Waals surface area contributed by atoms with Crippen LogP contribution in [0, 0.1) is 0 Å². The first kappa shape index (κ1) is 12.0. The first-order valence-corrected chi connectivity index (χ1v) is 7.23. The largest absolute Gasteiger partial charge is 0.300 e. The van der Waals surface area contributed by atoms with E-state index in [0.29, 0.717) is 0 Å². The van der Waals surface area contributed by atoms with Gasteiger partial charge in [-0.1, -0.05) is 60.7 Å². The van der Waals surface area contributed by atoms with E-state index in [4.69, 9.17) is 0 Å². The number of aliphatic imine (C=N–C) groups is 1. The second kappa shape index (κ2) is 6.32. The van der Waals surface area contributed by atoms with Gasteiger partial charge in [-0.05, 0) is 18.5 Å². The van der Waals surface area contributed by atoms with E-state index in [9.17, 15) is 0 Å². The number of nitrogens with zero attached hydrogens (tertiary/aromatic N) is 1. The minimum Gasteiger partial charge on any atom is -0.300 e. The van der Waals surface area contributed by atoms with Gasteiger partial charge in [-0.3, -0.25) is 0 Å². The Bertz CT molecular complexity index is 425. The lowest BCUT2D eigenvalue weighted by Crippen LogP contribution is -2.14. The maximum atomic E-state index is 4.12. The highest BCUT2D eigenvalue weighted by molar-refractivity contribution is 7.73. The van der Waals surface area contributed by atoms with Gasteiger partial charge in [0.05, 0.1) is 0 Å². The normalized spacial score (nSPS) is 11.2. The first-order valence-electron chi connectivity index (χ1n) is 5.70. The van der Waals surface area contributed by atoms with Crippen molar-refractivity contribution in [2.75, 3.05) is 13.2 Å². The van der Waals surface area contributed by atoms with E-state index in [0.717, 1.165) is 6.16 Å². The minimum absolute atomic E-state index is 0.306. The van der Waals surface area contributed by atoms with Crippen LogP contribution >= 0.6 is 7.92 Å². The van der Waals surface area contributed by atoms with Crippen LogP contribution in [0.2, 0.25) is 0 Å². The number of hydrogen-bond donors (Lipinski definition) is 0. The Hall–Kier alpha value is -1.46. The highest BCUT2D eigenvalue weighted by Crippen LogP contribution is 2.31. The standard InChI is InChI=1S/C15H16NP/c1-16-12-13-17(14-8-4-2-5-9-14)15-10-6-3-7-11-15/h2-12H,13H2,1H3. The molecule has 17 heavy (non-hydrogen) atoms. The van der Waals surface area contributed by atoms with Gasteiger partial charge in [0.1, 0.15) is 0 Å². The molecule has 0 heterocycles. The fraction of sp³-hybridized carbons (Fsp3) is 0.133. The fourth-order valence-corrected chi connectivity index (χ4v) is 3.85. The molecule has 2 rings (SSSR count). The van der Waals surface area contributed by atoms with Crippen LogP contribution in [0.15, 0.2) is 65.7 Å². The van der Waals surface area contributed by atoms with Gasteiger partial charge in [-0.25, -0.2) is 0 Å². The highest BCUT2D eigenvalue weighted by atomic mass is 31.1. The van der Waals surface area contributed by atoms with Crippen molar-refractivity contribution in [3.63, 3.8) is 0 Å². The second-order valence-corrected chi connectivity index (χ2v) is 5.98. The number of hydrogen-bond acceptors (Lipinski definition) is 1. The lowest BCUT2D eigenvalue weighted by Gasteiger charge is -2.16. The summed E-state index contributed by atoms with van der Waals surface area (Å²) in [6, 6.07) is 21.4. The van der Waals surface area contributed by atoms with Gasteiger partial charge in [0.15, 0.2) is 0 Å². The topological polar surface area (TPSA) is 12.4 Å². The molecule has 0 unspecified atom stereocenters. The van der Waals surface area contributed by atoms with Crippen molar-refractivity contribution >= 4 is 24.7 Å². The molecule has 86 valence electrons. The monoisotopic (exact) mass is 241 g/mol. The van der Waals surface area contributed by atoms with Crippen molar-refractivity contribution in [1.29, 1.82) is 0 Å². The Kier molecular flexibility index (Phi) is 4.46. The smallest absolute Gasteiger partial charge is 0.0273 e. The Morgan fingerprint density at radius 1 is 0.882 bits per heavy atom. The maximum Gasteiger partial charge on any atom is 0.0273 e. The molecule has 2 heteroatoms. The van der Waals surface area contributed by atoms with Crippen LogP contribution in [0.3, 0.4) is 0 Å². The van der Waals surface area contributed by atoms with Crippen LogP contribution in [-0.4, -0.2) is 19.4 Å². The molecule has 0 aromatic heterocycles. The van der Waals surface area contributed by atoms with Crippen molar-refractivity contribution in [3.8, 4) is 0 Å². The third-order valence-electron chi connectivity index (χ3n) is 2.58. The van der Waals surface area contributed by atoms with Gasteiger partial charge < -0.3 is 4.99 Å². The summed E-state index contributed by atoms with van der Waals surface area (Å²) >= 11 is 0. The van der Waals surface area contributed by atoms with Gasteiger partial charge in [0, 0.05) is 19.4 Å². The molecule has 0 N–H and O–H groups in total. The van der Waals surface area contributed by atoms with Crippen LogP contribution in [0.1, 0.15) is 0 Å². The molecule has 0 aliphatic rings. The predicted octanol–water partition coefficient (Wildman–Crippen LogP) is 2.82. The van der Waals surface area contributed by atoms with Crippen molar-refractivity contribution in [1.82, 2.24) is 0 Å². The summed E-state index contributed by atoms with van der Waals surface area (Å²) in [6.45, 7) is 0. The first-order chi connectivity index (χ1) is 8.42. The molecule has 0 aliphatic carbocycles. The maximum absolute atomic E-state index is 4.12. The Balaban J connectivity index is 2.32. The summed E-state index contributed by atoms with van der Waals surface area (Å²) in [5.74, 6) is 0. The van der Waals surface area contributed by atoms with Crippen molar-refractivity contribution in [2.45, 2.75) is 0 Å². The van der Waals surface area contributed by atoms with Gasteiger partial charge in [0.2, 0.25) is 0 Å². The summed E-state index contributed by atoms with van der Waals surface area (Å²) in [6.07, 6.45) is 3.03. The van der Waals surface area contributed by atoms with E-state index in [1.807, 2.05) is 13.3 Å². The molecule has 0 spiro atoms. The molecule has 0 saturated heterocycles. The Morgan fingerprint density at radius 3 is 1.76 bits per heavy atom. The zero-order valence-electron chi connectivity index (χ0n) is 9.95. The molecule has 2 aromatic carbocycles. The van der Waals surface area contributed by atoms with Gasteiger partial charge >= 0.3 is 0 Å². The third-order valence-corrected chi connectivity index (χ3v) is 4.95.